The van der Waals surface area contributed by atoms with Crippen LogP contribution in [0.15, 0.2) is 170 Å². The summed E-state index contributed by atoms with van der Waals surface area (Å²) in [6.07, 6.45) is 3.85. The molecule has 0 bridgehead atoms. The number of rotatable bonds is 2. The van der Waals surface area contributed by atoms with Crippen molar-refractivity contribution in [3.8, 4) is 33.4 Å². The Kier molecular flexibility index (Phi) is 8.49. The monoisotopic (exact) mass is 580 g/mol. The molecule has 0 amide bonds. The highest BCUT2D eigenvalue weighted by Gasteiger charge is 2.51. The first-order valence-electron chi connectivity index (χ1n) is 15.8. The largest absolute Gasteiger partial charge is 0.0988 e. The topological polar surface area (TPSA) is 0 Å². The standard InChI is InChI=1S/C26H18.C13H12.C6H10/c1-17-9-8-16-24-25(17)20-12-4-7-15-23(20)26(24)21-13-5-2-10-18(21)19-11-3-6-14-22(19)26;1-11-7-5-6-10-13(11)12-8-3-2-4-9-12;1-4-6(3)5-2/h2-16H,1H3;2-10H,1H3;4-5H,1H2,2-3H3/b;;6-5-. The van der Waals surface area contributed by atoms with Gasteiger partial charge in [0.25, 0.3) is 0 Å². The van der Waals surface area contributed by atoms with E-state index in [2.05, 4.69) is 160 Å². The van der Waals surface area contributed by atoms with Crippen LogP contribution in [0.3, 0.4) is 0 Å². The van der Waals surface area contributed by atoms with Crippen molar-refractivity contribution in [3.05, 3.63) is 203 Å². The van der Waals surface area contributed by atoms with Gasteiger partial charge in [-0.2, -0.15) is 0 Å². The summed E-state index contributed by atoms with van der Waals surface area (Å²) in [5.74, 6) is 0. The molecule has 0 fully saturated rings. The van der Waals surface area contributed by atoms with Crippen molar-refractivity contribution in [2.24, 2.45) is 0 Å². The fraction of sp³-hybridized carbons (Fsp3) is 0.111. The number of hydrogen-bond donors (Lipinski definition) is 0. The van der Waals surface area contributed by atoms with E-state index in [9.17, 15) is 0 Å². The smallest absolute Gasteiger partial charge is 0.0725 e. The molecular weight excluding hydrogens is 540 g/mol. The molecule has 0 radical (unpaired) electrons. The van der Waals surface area contributed by atoms with E-state index >= 15 is 0 Å². The number of benzene rings is 6. The molecule has 45 heavy (non-hydrogen) atoms. The minimum Gasteiger partial charge on any atom is -0.0988 e. The van der Waals surface area contributed by atoms with Gasteiger partial charge in [0.1, 0.15) is 0 Å². The molecule has 0 heterocycles. The third-order valence-electron chi connectivity index (χ3n) is 9.24. The molecule has 220 valence electrons. The van der Waals surface area contributed by atoms with Crippen molar-refractivity contribution in [1.29, 1.82) is 0 Å². The summed E-state index contributed by atoms with van der Waals surface area (Å²) >= 11 is 0. The maximum Gasteiger partial charge on any atom is 0.0725 e. The van der Waals surface area contributed by atoms with Crippen LogP contribution in [0.5, 0.6) is 0 Å². The van der Waals surface area contributed by atoms with Gasteiger partial charge in [-0.05, 0) is 94.5 Å². The Balaban J connectivity index is 0.000000157. The van der Waals surface area contributed by atoms with Gasteiger partial charge >= 0.3 is 0 Å². The van der Waals surface area contributed by atoms with Crippen LogP contribution in [0.25, 0.3) is 33.4 Å². The van der Waals surface area contributed by atoms with Crippen LogP contribution in [-0.2, 0) is 5.41 Å². The molecular formula is C45H40. The lowest BCUT2D eigenvalue weighted by molar-refractivity contribution is 0.793. The number of fused-ring (bicyclic) bond motifs is 10. The van der Waals surface area contributed by atoms with Gasteiger partial charge in [-0.3, -0.25) is 0 Å². The van der Waals surface area contributed by atoms with E-state index < -0.39 is 0 Å². The Morgan fingerprint density at radius 2 is 0.933 bits per heavy atom. The van der Waals surface area contributed by atoms with E-state index in [-0.39, 0.29) is 5.41 Å². The summed E-state index contributed by atoms with van der Waals surface area (Å²) < 4.78 is 0. The third-order valence-corrected chi connectivity index (χ3v) is 9.24. The van der Waals surface area contributed by atoms with Gasteiger partial charge in [0, 0.05) is 0 Å². The minimum atomic E-state index is -0.189. The Hall–Kier alpha value is -5.20. The SMILES string of the molecule is C=C/C(C)=C\C.Cc1cccc2c1-c1ccccc1C21c2ccccc2-c2ccccc21.Cc1ccccc1-c1ccccc1. The lowest BCUT2D eigenvalue weighted by atomic mass is 9.70. The Morgan fingerprint density at radius 3 is 1.47 bits per heavy atom. The first-order chi connectivity index (χ1) is 22.0. The van der Waals surface area contributed by atoms with Crippen LogP contribution in [-0.4, -0.2) is 0 Å². The van der Waals surface area contributed by atoms with Crippen molar-refractivity contribution in [2.45, 2.75) is 33.1 Å². The van der Waals surface area contributed by atoms with Crippen LogP contribution in [0.2, 0.25) is 0 Å². The lowest BCUT2D eigenvalue weighted by Gasteiger charge is -2.30. The maximum atomic E-state index is 3.56. The van der Waals surface area contributed by atoms with Crippen molar-refractivity contribution >= 4 is 0 Å². The molecule has 0 saturated carbocycles. The zero-order chi connectivity index (χ0) is 31.4. The summed E-state index contributed by atoms with van der Waals surface area (Å²) in [5, 5.41) is 0. The molecule has 0 heteroatoms. The lowest BCUT2D eigenvalue weighted by Crippen LogP contribution is -2.25. The van der Waals surface area contributed by atoms with Gasteiger partial charge in [-0.1, -0.05) is 170 Å². The highest BCUT2D eigenvalue weighted by atomic mass is 14.5. The van der Waals surface area contributed by atoms with Crippen molar-refractivity contribution in [2.75, 3.05) is 0 Å². The molecule has 8 rings (SSSR count). The number of allylic oxidation sites excluding steroid dienone is 3. The highest BCUT2D eigenvalue weighted by Crippen LogP contribution is 2.62. The van der Waals surface area contributed by atoms with Crippen LogP contribution in [0, 0.1) is 13.8 Å². The summed E-state index contributed by atoms with van der Waals surface area (Å²) in [6.45, 7) is 12.0. The Labute approximate surface area is 269 Å². The van der Waals surface area contributed by atoms with Crippen molar-refractivity contribution in [1.82, 2.24) is 0 Å². The maximum absolute atomic E-state index is 3.56. The highest BCUT2D eigenvalue weighted by molar-refractivity contribution is 5.95. The first kappa shape index (κ1) is 29.9. The number of aryl methyl sites for hydroxylation is 2. The molecule has 0 aliphatic heterocycles. The molecule has 6 aromatic carbocycles. The average molecular weight is 581 g/mol. The summed E-state index contributed by atoms with van der Waals surface area (Å²) in [5.41, 5.74) is 17.5. The van der Waals surface area contributed by atoms with Crippen LogP contribution in [0.1, 0.15) is 47.2 Å². The Bertz CT molecular complexity index is 1960. The first-order valence-corrected chi connectivity index (χ1v) is 15.8. The molecule has 0 atom stereocenters. The molecule has 0 unspecified atom stereocenters. The zero-order valence-electron chi connectivity index (χ0n) is 26.7. The molecule has 6 aromatic rings. The second-order valence-corrected chi connectivity index (χ2v) is 11.8. The van der Waals surface area contributed by atoms with E-state index in [1.54, 1.807) is 0 Å². The molecule has 0 nitrogen and oxygen atoms in total. The van der Waals surface area contributed by atoms with Crippen molar-refractivity contribution < 1.29 is 0 Å². The van der Waals surface area contributed by atoms with Crippen LogP contribution < -0.4 is 0 Å². The van der Waals surface area contributed by atoms with Gasteiger partial charge in [0.05, 0.1) is 5.41 Å². The van der Waals surface area contributed by atoms with E-state index in [1.165, 1.54) is 72.3 Å². The average Bonchev–Trinajstić information content (AvgIpc) is 3.57. The Morgan fingerprint density at radius 1 is 0.489 bits per heavy atom. The van der Waals surface area contributed by atoms with E-state index in [0.29, 0.717) is 0 Å². The molecule has 0 saturated heterocycles. The molecule has 0 aromatic heterocycles. The summed E-state index contributed by atoms with van der Waals surface area (Å²) in [7, 11) is 0. The summed E-state index contributed by atoms with van der Waals surface area (Å²) in [6, 6.07) is 52.6. The van der Waals surface area contributed by atoms with Crippen LogP contribution >= 0.6 is 0 Å². The zero-order valence-corrected chi connectivity index (χ0v) is 26.7. The fourth-order valence-electron chi connectivity index (χ4n) is 6.96. The fourth-order valence-corrected chi connectivity index (χ4v) is 6.96. The van der Waals surface area contributed by atoms with Gasteiger partial charge in [-0.25, -0.2) is 0 Å². The van der Waals surface area contributed by atoms with Crippen LogP contribution in [0.4, 0.5) is 0 Å². The second kappa shape index (κ2) is 12.8. The van der Waals surface area contributed by atoms with E-state index in [0.717, 1.165) is 0 Å². The molecule has 2 aliphatic rings. The minimum absolute atomic E-state index is 0.189. The molecule has 2 aliphatic carbocycles. The predicted molar refractivity (Wildman–Crippen MR) is 194 cm³/mol. The molecule has 0 N–H and O–H groups in total. The van der Waals surface area contributed by atoms with E-state index in [4.69, 9.17) is 0 Å². The van der Waals surface area contributed by atoms with Crippen molar-refractivity contribution in [3.63, 3.8) is 0 Å². The third kappa shape index (κ3) is 5.17. The molecule has 1 spiro atoms. The predicted octanol–water partition coefficient (Wildman–Crippen LogP) is 12.1. The second-order valence-electron chi connectivity index (χ2n) is 11.8. The van der Waals surface area contributed by atoms with Gasteiger partial charge in [-0.15, -0.1) is 0 Å². The van der Waals surface area contributed by atoms with Gasteiger partial charge < -0.3 is 0 Å². The quantitative estimate of drug-likeness (QED) is 0.178. The number of hydrogen-bond acceptors (Lipinski definition) is 0. The summed E-state index contributed by atoms with van der Waals surface area (Å²) in [4.78, 5) is 0. The van der Waals surface area contributed by atoms with Gasteiger partial charge in [0.15, 0.2) is 0 Å². The van der Waals surface area contributed by atoms with Gasteiger partial charge in [0.2, 0.25) is 0 Å². The normalized spacial score (nSPS) is 12.8. The van der Waals surface area contributed by atoms with E-state index in [1.807, 2.05) is 32.1 Å².